The fourth-order valence-electron chi connectivity index (χ4n) is 3.46. The number of piperidine rings is 1. The summed E-state index contributed by atoms with van der Waals surface area (Å²) in [5.41, 5.74) is 0.687. The molecule has 0 aliphatic carbocycles. The van der Waals surface area contributed by atoms with Crippen LogP contribution in [0.15, 0.2) is 54.6 Å². The number of nitrogens with one attached hydrogen (secondary N) is 3. The van der Waals surface area contributed by atoms with Crippen molar-refractivity contribution in [3.8, 4) is 0 Å². The Balaban J connectivity index is 1.36. The van der Waals surface area contributed by atoms with Crippen molar-refractivity contribution < 1.29 is 19.3 Å². The lowest BCUT2D eigenvalue weighted by Crippen LogP contribution is -2.48. The van der Waals surface area contributed by atoms with Crippen LogP contribution in [-0.2, 0) is 9.59 Å². The van der Waals surface area contributed by atoms with Crippen molar-refractivity contribution in [1.82, 2.24) is 15.5 Å². The zero-order valence-electron chi connectivity index (χ0n) is 17.5. The number of amides is 3. The number of non-ortho nitro benzene ring substituents is 1. The molecule has 1 fully saturated rings. The summed E-state index contributed by atoms with van der Waals surface area (Å²) in [5, 5.41) is 19.0. The van der Waals surface area contributed by atoms with Gasteiger partial charge in [0.15, 0.2) is 0 Å². The number of anilines is 1. The molecule has 3 rings (SSSR count). The van der Waals surface area contributed by atoms with Gasteiger partial charge in [0.25, 0.3) is 11.6 Å². The van der Waals surface area contributed by atoms with Gasteiger partial charge in [-0.2, -0.15) is 0 Å². The molecule has 32 heavy (non-hydrogen) atoms. The van der Waals surface area contributed by atoms with Crippen molar-refractivity contribution in [3.05, 3.63) is 70.3 Å². The number of para-hydroxylation sites is 1. The summed E-state index contributed by atoms with van der Waals surface area (Å²) in [6.07, 6.45) is 1.40. The van der Waals surface area contributed by atoms with Crippen LogP contribution in [0.2, 0.25) is 0 Å². The molecule has 10 nitrogen and oxygen atoms in total. The molecule has 2 aromatic carbocycles. The van der Waals surface area contributed by atoms with Crippen LogP contribution < -0.4 is 16.0 Å². The van der Waals surface area contributed by atoms with Gasteiger partial charge in [-0.25, -0.2) is 0 Å². The van der Waals surface area contributed by atoms with E-state index in [0.717, 1.165) is 11.8 Å². The Labute approximate surface area is 185 Å². The molecule has 1 heterocycles. The maximum Gasteiger partial charge on any atom is 0.270 e. The van der Waals surface area contributed by atoms with E-state index in [4.69, 9.17) is 0 Å². The van der Waals surface area contributed by atoms with E-state index in [1.54, 1.807) is 0 Å². The third-order valence-electron chi connectivity index (χ3n) is 5.11. The largest absolute Gasteiger partial charge is 0.352 e. The van der Waals surface area contributed by atoms with Crippen molar-refractivity contribution in [2.24, 2.45) is 0 Å². The third-order valence-corrected chi connectivity index (χ3v) is 5.11. The lowest BCUT2D eigenvalue weighted by molar-refractivity contribution is -0.384. The Bertz CT molecular complexity index is 974. The van der Waals surface area contributed by atoms with Crippen LogP contribution in [0.4, 0.5) is 11.4 Å². The number of nitro groups is 1. The first-order chi connectivity index (χ1) is 15.4. The molecule has 0 spiro atoms. The average molecular weight is 439 g/mol. The fraction of sp³-hybridized carbons (Fsp3) is 0.318. The van der Waals surface area contributed by atoms with Crippen LogP contribution in [0.3, 0.4) is 0 Å². The molecule has 3 N–H and O–H groups in total. The van der Waals surface area contributed by atoms with Crippen molar-refractivity contribution in [2.45, 2.75) is 18.9 Å². The number of nitro benzene ring substituents is 1. The summed E-state index contributed by atoms with van der Waals surface area (Å²) in [5.74, 6) is -0.963. The van der Waals surface area contributed by atoms with Gasteiger partial charge in [0.2, 0.25) is 11.8 Å². The highest BCUT2D eigenvalue weighted by molar-refractivity contribution is 5.97. The summed E-state index contributed by atoms with van der Waals surface area (Å²) < 4.78 is 0. The van der Waals surface area contributed by atoms with Gasteiger partial charge >= 0.3 is 0 Å². The number of likely N-dealkylation sites (tertiary alicyclic amines) is 1. The Hall–Kier alpha value is -3.79. The van der Waals surface area contributed by atoms with Gasteiger partial charge < -0.3 is 16.0 Å². The molecule has 2 aromatic rings. The fourth-order valence-corrected chi connectivity index (χ4v) is 3.46. The number of hydrogen-bond donors (Lipinski definition) is 3. The van der Waals surface area contributed by atoms with E-state index in [1.165, 1.54) is 18.2 Å². The molecule has 168 valence electrons. The molecule has 0 unspecified atom stereocenters. The third kappa shape index (κ3) is 6.88. The molecule has 0 radical (unpaired) electrons. The molecule has 3 amide bonds. The summed E-state index contributed by atoms with van der Waals surface area (Å²) >= 11 is 0. The summed E-state index contributed by atoms with van der Waals surface area (Å²) in [4.78, 5) is 48.7. The minimum atomic E-state index is -0.582. The Morgan fingerprint density at radius 1 is 1.00 bits per heavy atom. The maximum absolute atomic E-state index is 12.2. The van der Waals surface area contributed by atoms with Crippen LogP contribution in [0.1, 0.15) is 23.2 Å². The quantitative estimate of drug-likeness (QED) is 0.422. The number of rotatable bonds is 8. The molecule has 10 heteroatoms. The van der Waals surface area contributed by atoms with Crippen LogP contribution in [-0.4, -0.2) is 59.8 Å². The second-order valence-corrected chi connectivity index (χ2v) is 7.52. The van der Waals surface area contributed by atoms with E-state index < -0.39 is 10.8 Å². The van der Waals surface area contributed by atoms with E-state index in [2.05, 4.69) is 16.0 Å². The second-order valence-electron chi connectivity index (χ2n) is 7.52. The number of nitrogens with zero attached hydrogens (tertiary/aromatic N) is 2. The lowest BCUT2D eigenvalue weighted by atomic mass is 10.0. The number of benzene rings is 2. The molecule has 1 aliphatic rings. The smallest absolute Gasteiger partial charge is 0.270 e. The van der Waals surface area contributed by atoms with E-state index >= 15 is 0 Å². The van der Waals surface area contributed by atoms with Gasteiger partial charge in [-0.1, -0.05) is 24.3 Å². The molecule has 0 bridgehead atoms. The van der Waals surface area contributed by atoms with Gasteiger partial charge in [-0.3, -0.25) is 29.4 Å². The normalized spacial score (nSPS) is 14.4. The minimum Gasteiger partial charge on any atom is -0.352 e. The van der Waals surface area contributed by atoms with E-state index in [-0.39, 0.29) is 42.2 Å². The molecule has 0 atom stereocenters. The predicted molar refractivity (Wildman–Crippen MR) is 118 cm³/mol. The van der Waals surface area contributed by atoms with Crippen molar-refractivity contribution in [2.75, 3.05) is 31.5 Å². The summed E-state index contributed by atoms with van der Waals surface area (Å²) in [6, 6.07) is 14.5. The van der Waals surface area contributed by atoms with Gasteiger partial charge in [0.1, 0.15) is 0 Å². The first-order valence-electron chi connectivity index (χ1n) is 10.3. The first-order valence-corrected chi connectivity index (χ1v) is 10.3. The topological polar surface area (TPSA) is 134 Å². The van der Waals surface area contributed by atoms with Gasteiger partial charge in [-0.05, 0) is 31.0 Å². The monoisotopic (exact) mass is 439 g/mol. The first kappa shape index (κ1) is 22.9. The minimum absolute atomic E-state index is 0.0364. The Kier molecular flexibility index (Phi) is 7.87. The van der Waals surface area contributed by atoms with Crippen LogP contribution in [0.25, 0.3) is 0 Å². The van der Waals surface area contributed by atoms with Gasteiger partial charge in [0, 0.05) is 42.5 Å². The highest BCUT2D eigenvalue weighted by Crippen LogP contribution is 2.13. The molecule has 0 aromatic heterocycles. The van der Waals surface area contributed by atoms with E-state index in [0.29, 0.717) is 25.9 Å². The van der Waals surface area contributed by atoms with Crippen molar-refractivity contribution in [1.29, 1.82) is 0 Å². The van der Waals surface area contributed by atoms with Crippen molar-refractivity contribution in [3.63, 3.8) is 0 Å². The molecular weight excluding hydrogens is 414 g/mol. The SMILES string of the molecule is O=C(CN1CCC(NC(=O)CNC(=O)c2cccc([N+](=O)[O-])c2)CC1)Nc1ccccc1. The van der Waals surface area contributed by atoms with Crippen molar-refractivity contribution >= 4 is 29.1 Å². The standard InChI is InChI=1S/C22H25N5O5/c28-20(14-23-22(30)16-5-4-8-19(13-16)27(31)32)24-18-9-11-26(12-10-18)15-21(29)25-17-6-2-1-3-7-17/h1-8,13,18H,9-12,14-15H2,(H,23,30)(H,24,28)(H,25,29). The Morgan fingerprint density at radius 3 is 2.41 bits per heavy atom. The van der Waals surface area contributed by atoms with Crippen LogP contribution in [0.5, 0.6) is 0 Å². The average Bonchev–Trinajstić information content (AvgIpc) is 2.79. The van der Waals surface area contributed by atoms with E-state index in [1.807, 2.05) is 35.2 Å². The molecule has 1 aliphatic heterocycles. The lowest BCUT2D eigenvalue weighted by Gasteiger charge is -2.31. The van der Waals surface area contributed by atoms with Crippen LogP contribution >= 0.6 is 0 Å². The maximum atomic E-state index is 12.2. The summed E-state index contributed by atoms with van der Waals surface area (Å²) in [7, 11) is 0. The van der Waals surface area contributed by atoms with Gasteiger partial charge in [0.05, 0.1) is 18.0 Å². The second kappa shape index (κ2) is 11.0. The van der Waals surface area contributed by atoms with E-state index in [9.17, 15) is 24.5 Å². The molecule has 1 saturated heterocycles. The predicted octanol–water partition coefficient (Wildman–Crippen LogP) is 1.54. The Morgan fingerprint density at radius 2 is 1.72 bits per heavy atom. The number of hydrogen-bond acceptors (Lipinski definition) is 6. The number of carbonyl (C=O) groups is 3. The highest BCUT2D eigenvalue weighted by Gasteiger charge is 2.22. The zero-order valence-corrected chi connectivity index (χ0v) is 17.5. The van der Waals surface area contributed by atoms with Gasteiger partial charge in [-0.15, -0.1) is 0 Å². The summed E-state index contributed by atoms with van der Waals surface area (Å²) in [6.45, 7) is 1.41. The number of carbonyl (C=O) groups excluding carboxylic acids is 3. The molecule has 0 saturated carbocycles. The zero-order chi connectivity index (χ0) is 22.9. The highest BCUT2D eigenvalue weighted by atomic mass is 16.6. The molecular formula is C22H25N5O5. The van der Waals surface area contributed by atoms with Crippen LogP contribution in [0, 0.1) is 10.1 Å².